The highest BCUT2D eigenvalue weighted by molar-refractivity contribution is 14.1. The zero-order valence-corrected chi connectivity index (χ0v) is 20.0. The maximum atomic E-state index is 12.4. The Morgan fingerprint density at radius 3 is 2.76 bits per heavy atom. The number of nitrogens with one attached hydrogen (secondary N) is 1. The Balaban J connectivity index is 1.80. The summed E-state index contributed by atoms with van der Waals surface area (Å²) >= 11 is 2.17. The molecule has 1 N–H and O–H groups in total. The molecule has 2 aromatic rings. The molecule has 2 aromatic carbocycles. The first kappa shape index (κ1) is 21.6. The molecule has 0 radical (unpaired) electrons. The first-order valence-corrected chi connectivity index (χ1v) is 10.8. The number of halogens is 1. The molecule has 1 heterocycles. The number of hydrogen-bond acceptors (Lipinski definition) is 4. The second-order valence-corrected chi connectivity index (χ2v) is 9.45. The topological polar surface area (TPSA) is 53.9 Å². The van der Waals surface area contributed by atoms with E-state index in [1.807, 2.05) is 6.07 Å². The normalized spacial score (nSPS) is 17.9. The Kier molecular flexibility index (Phi) is 6.22. The SMILES string of the molecule is COc1cc(C(=O)N/N=C/c2cc3c(cc2C)N(C)C(C)(C)CC3C)ccc1I. The Morgan fingerprint density at radius 2 is 2.07 bits per heavy atom. The lowest BCUT2D eigenvalue weighted by molar-refractivity contribution is 0.0954. The van der Waals surface area contributed by atoms with Gasteiger partial charge in [-0.2, -0.15) is 5.10 Å². The zero-order valence-electron chi connectivity index (χ0n) is 17.8. The Labute approximate surface area is 186 Å². The van der Waals surface area contributed by atoms with E-state index < -0.39 is 0 Å². The summed E-state index contributed by atoms with van der Waals surface area (Å²) < 4.78 is 6.24. The number of hydrazone groups is 1. The summed E-state index contributed by atoms with van der Waals surface area (Å²) in [5.41, 5.74) is 8.02. The third-order valence-corrected chi connectivity index (χ3v) is 6.70. The molecule has 29 heavy (non-hydrogen) atoms. The van der Waals surface area contributed by atoms with E-state index in [1.165, 1.54) is 11.3 Å². The van der Waals surface area contributed by atoms with Crippen LogP contribution in [0, 0.1) is 10.5 Å². The van der Waals surface area contributed by atoms with Crippen molar-refractivity contribution < 1.29 is 9.53 Å². The molecule has 1 aliphatic heterocycles. The van der Waals surface area contributed by atoms with Crippen molar-refractivity contribution in [3.8, 4) is 5.75 Å². The maximum absolute atomic E-state index is 12.4. The van der Waals surface area contributed by atoms with Gasteiger partial charge in [0.1, 0.15) is 5.75 Å². The van der Waals surface area contributed by atoms with Crippen molar-refractivity contribution in [3.05, 3.63) is 56.2 Å². The van der Waals surface area contributed by atoms with E-state index in [0.29, 0.717) is 17.2 Å². The van der Waals surface area contributed by atoms with Crippen LogP contribution in [0.4, 0.5) is 5.69 Å². The fourth-order valence-electron chi connectivity index (χ4n) is 3.90. The van der Waals surface area contributed by atoms with Crippen molar-refractivity contribution in [2.75, 3.05) is 19.1 Å². The molecule has 0 spiro atoms. The summed E-state index contributed by atoms with van der Waals surface area (Å²) in [6.07, 6.45) is 2.82. The number of carbonyl (C=O) groups excluding carboxylic acids is 1. The highest BCUT2D eigenvalue weighted by Gasteiger charge is 2.34. The Bertz CT molecular complexity index is 969. The lowest BCUT2D eigenvalue weighted by Gasteiger charge is -2.45. The lowest BCUT2D eigenvalue weighted by atomic mass is 9.79. The molecule has 0 saturated carbocycles. The molecule has 1 aliphatic rings. The summed E-state index contributed by atoms with van der Waals surface area (Å²) in [6.45, 7) is 8.92. The smallest absolute Gasteiger partial charge is 0.271 e. The summed E-state index contributed by atoms with van der Waals surface area (Å²) in [4.78, 5) is 14.8. The maximum Gasteiger partial charge on any atom is 0.271 e. The van der Waals surface area contributed by atoms with E-state index in [-0.39, 0.29) is 11.4 Å². The number of hydrogen-bond donors (Lipinski definition) is 1. The number of fused-ring (bicyclic) bond motifs is 1. The van der Waals surface area contributed by atoms with Crippen molar-refractivity contribution in [3.63, 3.8) is 0 Å². The minimum atomic E-state index is -0.263. The number of carbonyl (C=O) groups is 1. The van der Waals surface area contributed by atoms with Gasteiger partial charge in [-0.15, -0.1) is 0 Å². The molecule has 3 rings (SSSR count). The van der Waals surface area contributed by atoms with Gasteiger partial charge in [-0.3, -0.25) is 4.79 Å². The van der Waals surface area contributed by atoms with Gasteiger partial charge in [0.05, 0.1) is 16.9 Å². The Hall–Kier alpha value is -2.09. The largest absolute Gasteiger partial charge is 0.496 e. The Morgan fingerprint density at radius 1 is 1.34 bits per heavy atom. The number of amides is 1. The monoisotopic (exact) mass is 505 g/mol. The molecule has 1 amide bonds. The second kappa shape index (κ2) is 8.34. The lowest BCUT2D eigenvalue weighted by Crippen LogP contribution is -2.45. The number of rotatable bonds is 4. The van der Waals surface area contributed by atoms with E-state index in [2.05, 4.69) is 84.9 Å². The number of nitrogens with zero attached hydrogens (tertiary/aromatic N) is 2. The van der Waals surface area contributed by atoms with Crippen LogP contribution in [0.25, 0.3) is 0 Å². The van der Waals surface area contributed by atoms with Gasteiger partial charge in [-0.05, 0) is 103 Å². The molecule has 0 fully saturated rings. The third kappa shape index (κ3) is 4.42. The molecule has 1 atom stereocenters. The highest BCUT2D eigenvalue weighted by atomic mass is 127. The highest BCUT2D eigenvalue weighted by Crippen LogP contribution is 2.43. The van der Waals surface area contributed by atoms with Gasteiger partial charge < -0.3 is 9.64 Å². The number of anilines is 1. The quantitative estimate of drug-likeness (QED) is 0.358. The molecule has 0 bridgehead atoms. The average molecular weight is 505 g/mol. The van der Waals surface area contributed by atoms with Crippen LogP contribution in [0.5, 0.6) is 5.75 Å². The number of benzene rings is 2. The molecular formula is C23H28IN3O2. The van der Waals surface area contributed by atoms with Gasteiger partial charge >= 0.3 is 0 Å². The molecular weight excluding hydrogens is 477 g/mol. The van der Waals surface area contributed by atoms with Crippen LogP contribution in [-0.2, 0) is 0 Å². The van der Waals surface area contributed by atoms with Crippen molar-refractivity contribution in [2.24, 2.45) is 5.10 Å². The zero-order chi connectivity index (χ0) is 21.3. The fraction of sp³-hybridized carbons (Fsp3) is 0.391. The van der Waals surface area contributed by atoms with Crippen molar-refractivity contribution in [2.45, 2.75) is 45.6 Å². The average Bonchev–Trinajstić information content (AvgIpc) is 2.67. The number of methoxy groups -OCH3 is 1. The van der Waals surface area contributed by atoms with Gasteiger partial charge in [0, 0.05) is 23.8 Å². The minimum Gasteiger partial charge on any atom is -0.496 e. The van der Waals surface area contributed by atoms with E-state index in [4.69, 9.17) is 4.74 Å². The molecule has 0 saturated heterocycles. The van der Waals surface area contributed by atoms with Gasteiger partial charge in [-0.1, -0.05) is 6.92 Å². The second-order valence-electron chi connectivity index (χ2n) is 8.29. The minimum absolute atomic E-state index is 0.136. The first-order chi connectivity index (χ1) is 13.6. The standard InChI is InChI=1S/C23H28IN3O2/c1-14-9-20-18(15(2)12-23(3,4)27(20)5)10-17(14)13-25-26-22(28)16-7-8-19(24)21(11-16)29-6/h7-11,13,15H,12H2,1-6H3,(H,26,28)/b25-13+. The number of ether oxygens (including phenoxy) is 1. The third-order valence-electron chi connectivity index (χ3n) is 5.80. The summed E-state index contributed by atoms with van der Waals surface area (Å²) in [6, 6.07) is 9.75. The molecule has 1 unspecified atom stereocenters. The number of aryl methyl sites for hydroxylation is 1. The van der Waals surface area contributed by atoms with E-state index in [1.54, 1.807) is 25.5 Å². The van der Waals surface area contributed by atoms with Crippen LogP contribution in [-0.4, -0.2) is 31.8 Å². The fourth-order valence-corrected chi connectivity index (χ4v) is 4.46. The first-order valence-electron chi connectivity index (χ1n) is 9.69. The van der Waals surface area contributed by atoms with Crippen LogP contribution >= 0.6 is 22.6 Å². The van der Waals surface area contributed by atoms with Crippen molar-refractivity contribution >= 4 is 40.4 Å². The van der Waals surface area contributed by atoms with Crippen LogP contribution in [0.3, 0.4) is 0 Å². The molecule has 154 valence electrons. The summed E-state index contributed by atoms with van der Waals surface area (Å²) in [7, 11) is 3.75. The van der Waals surface area contributed by atoms with E-state index in [9.17, 15) is 4.79 Å². The van der Waals surface area contributed by atoms with Crippen molar-refractivity contribution in [1.82, 2.24) is 5.43 Å². The van der Waals surface area contributed by atoms with Crippen LogP contribution in [0.1, 0.15) is 60.2 Å². The molecule has 6 heteroatoms. The van der Waals surface area contributed by atoms with Crippen LogP contribution in [0.15, 0.2) is 35.4 Å². The van der Waals surface area contributed by atoms with Gasteiger partial charge in [0.25, 0.3) is 5.91 Å². The summed E-state index contributed by atoms with van der Waals surface area (Å²) in [5, 5.41) is 4.20. The predicted octanol–water partition coefficient (Wildman–Crippen LogP) is 5.09. The van der Waals surface area contributed by atoms with Gasteiger partial charge in [0.15, 0.2) is 0 Å². The van der Waals surface area contributed by atoms with E-state index >= 15 is 0 Å². The molecule has 0 aliphatic carbocycles. The van der Waals surface area contributed by atoms with Crippen LogP contribution in [0.2, 0.25) is 0 Å². The molecule has 5 nitrogen and oxygen atoms in total. The van der Waals surface area contributed by atoms with Gasteiger partial charge in [-0.25, -0.2) is 5.43 Å². The van der Waals surface area contributed by atoms with Gasteiger partial charge in [0.2, 0.25) is 0 Å². The van der Waals surface area contributed by atoms with Crippen LogP contribution < -0.4 is 15.1 Å². The summed E-state index contributed by atoms with van der Waals surface area (Å²) in [5.74, 6) is 0.882. The van der Waals surface area contributed by atoms with Crippen molar-refractivity contribution in [1.29, 1.82) is 0 Å². The van der Waals surface area contributed by atoms with E-state index in [0.717, 1.165) is 21.1 Å². The molecule has 0 aromatic heterocycles. The predicted molar refractivity (Wildman–Crippen MR) is 127 cm³/mol.